The van der Waals surface area contributed by atoms with Gasteiger partial charge in [0.05, 0.1) is 11.5 Å². The molecule has 1 aromatic carbocycles. The lowest BCUT2D eigenvalue weighted by molar-refractivity contribution is -0.126. The van der Waals surface area contributed by atoms with Gasteiger partial charge in [0.15, 0.2) is 0 Å². The van der Waals surface area contributed by atoms with Crippen molar-refractivity contribution in [2.24, 2.45) is 5.92 Å². The Kier molecular flexibility index (Phi) is 6.94. The van der Waals surface area contributed by atoms with Crippen molar-refractivity contribution in [2.75, 3.05) is 25.0 Å². The number of carbonyl (C=O) groups is 3. The summed E-state index contributed by atoms with van der Waals surface area (Å²) in [4.78, 5) is 43.2. The van der Waals surface area contributed by atoms with Gasteiger partial charge in [0.2, 0.25) is 5.91 Å². The summed E-state index contributed by atoms with van der Waals surface area (Å²) in [5.74, 6) is -0.571. The predicted molar refractivity (Wildman–Crippen MR) is 111 cm³/mol. The van der Waals surface area contributed by atoms with E-state index in [2.05, 4.69) is 15.6 Å². The Morgan fingerprint density at radius 3 is 2.76 bits per heavy atom. The van der Waals surface area contributed by atoms with E-state index in [1.807, 2.05) is 6.92 Å². The second kappa shape index (κ2) is 9.82. The summed E-state index contributed by atoms with van der Waals surface area (Å²) in [6.07, 6.45) is 5.57. The Morgan fingerprint density at radius 2 is 2.00 bits per heavy atom. The van der Waals surface area contributed by atoms with Crippen LogP contribution in [0, 0.1) is 5.92 Å². The molecule has 1 aliphatic rings. The third-order valence-corrected chi connectivity index (χ3v) is 4.92. The molecule has 1 fully saturated rings. The number of rotatable bonds is 6. The molecule has 29 heavy (non-hydrogen) atoms. The van der Waals surface area contributed by atoms with Gasteiger partial charge in [-0.05, 0) is 49.6 Å². The molecule has 7 heteroatoms. The van der Waals surface area contributed by atoms with Gasteiger partial charge in [0, 0.05) is 43.3 Å². The van der Waals surface area contributed by atoms with Crippen LogP contribution in [0.2, 0.25) is 0 Å². The number of amides is 3. The molecule has 0 bridgehead atoms. The normalized spacial score (nSPS) is 16.2. The lowest BCUT2D eigenvalue weighted by atomic mass is 9.96. The third kappa shape index (κ3) is 5.40. The topological polar surface area (TPSA) is 91.4 Å². The zero-order chi connectivity index (χ0) is 20.6. The predicted octanol–water partition coefficient (Wildman–Crippen LogP) is 2.71. The van der Waals surface area contributed by atoms with Crippen molar-refractivity contribution in [2.45, 2.75) is 26.2 Å². The molecule has 1 aliphatic heterocycles. The summed E-state index contributed by atoms with van der Waals surface area (Å²) in [6, 6.07) is 10.2. The summed E-state index contributed by atoms with van der Waals surface area (Å²) in [5.41, 5.74) is 1.48. The summed E-state index contributed by atoms with van der Waals surface area (Å²) in [5, 5.41) is 5.71. The minimum atomic E-state index is -0.284. The lowest BCUT2D eigenvalue weighted by Crippen LogP contribution is -2.45. The standard InChI is InChI=1S/C22H26N4O3/c1-2-10-24-20(27)18-8-5-12-26(15-18)22(29)16-6-3-9-19(13-16)25-21(28)17-7-4-11-23-14-17/h3-4,6-7,9,11,13-14,18H,2,5,8,10,12,15H2,1H3,(H,24,27)(H,25,28). The van der Waals surface area contributed by atoms with Gasteiger partial charge < -0.3 is 15.5 Å². The van der Waals surface area contributed by atoms with Crippen LogP contribution in [0.15, 0.2) is 48.8 Å². The molecule has 1 saturated heterocycles. The number of nitrogens with zero attached hydrogens (tertiary/aromatic N) is 2. The summed E-state index contributed by atoms with van der Waals surface area (Å²) >= 11 is 0. The Morgan fingerprint density at radius 1 is 1.17 bits per heavy atom. The van der Waals surface area contributed by atoms with Gasteiger partial charge >= 0.3 is 0 Å². The van der Waals surface area contributed by atoms with Crippen molar-refractivity contribution in [1.29, 1.82) is 0 Å². The van der Waals surface area contributed by atoms with Crippen LogP contribution in [0.25, 0.3) is 0 Å². The lowest BCUT2D eigenvalue weighted by Gasteiger charge is -2.32. The molecular weight excluding hydrogens is 368 g/mol. The largest absolute Gasteiger partial charge is 0.356 e. The fraction of sp³-hybridized carbons (Fsp3) is 0.364. The highest BCUT2D eigenvalue weighted by Gasteiger charge is 2.28. The highest BCUT2D eigenvalue weighted by Crippen LogP contribution is 2.20. The van der Waals surface area contributed by atoms with Crippen molar-refractivity contribution < 1.29 is 14.4 Å². The van der Waals surface area contributed by atoms with E-state index in [-0.39, 0.29) is 23.6 Å². The van der Waals surface area contributed by atoms with E-state index in [9.17, 15) is 14.4 Å². The molecule has 2 aromatic rings. The van der Waals surface area contributed by atoms with Crippen molar-refractivity contribution >= 4 is 23.4 Å². The van der Waals surface area contributed by atoms with Gasteiger partial charge in [-0.2, -0.15) is 0 Å². The van der Waals surface area contributed by atoms with E-state index >= 15 is 0 Å². The Hall–Kier alpha value is -3.22. The number of piperidine rings is 1. The van der Waals surface area contributed by atoms with Crippen LogP contribution in [-0.4, -0.2) is 47.2 Å². The molecule has 3 rings (SSSR count). The number of likely N-dealkylation sites (tertiary alicyclic amines) is 1. The second-order valence-corrected chi connectivity index (χ2v) is 7.16. The maximum Gasteiger partial charge on any atom is 0.257 e. The molecule has 2 heterocycles. The van der Waals surface area contributed by atoms with Crippen LogP contribution in [0.4, 0.5) is 5.69 Å². The van der Waals surface area contributed by atoms with Crippen molar-refractivity contribution in [3.8, 4) is 0 Å². The fourth-order valence-corrected chi connectivity index (χ4v) is 3.38. The molecule has 0 spiro atoms. The van der Waals surface area contributed by atoms with Crippen molar-refractivity contribution in [3.63, 3.8) is 0 Å². The molecule has 3 amide bonds. The molecule has 2 N–H and O–H groups in total. The first-order chi connectivity index (χ1) is 14.1. The number of hydrogen-bond donors (Lipinski definition) is 2. The van der Waals surface area contributed by atoms with Crippen molar-refractivity contribution in [1.82, 2.24) is 15.2 Å². The maximum atomic E-state index is 13.0. The fourth-order valence-electron chi connectivity index (χ4n) is 3.38. The summed E-state index contributed by atoms with van der Waals surface area (Å²) < 4.78 is 0. The van der Waals surface area contributed by atoms with E-state index < -0.39 is 0 Å². The molecule has 1 aromatic heterocycles. The molecule has 7 nitrogen and oxygen atoms in total. The van der Waals surface area contributed by atoms with Gasteiger partial charge in [0.25, 0.3) is 11.8 Å². The number of benzene rings is 1. The molecule has 0 aliphatic carbocycles. The SMILES string of the molecule is CCCNC(=O)C1CCCN(C(=O)c2cccc(NC(=O)c3cccnc3)c2)C1. The van der Waals surface area contributed by atoms with E-state index in [0.29, 0.717) is 36.4 Å². The molecule has 1 atom stereocenters. The quantitative estimate of drug-likeness (QED) is 0.788. The van der Waals surface area contributed by atoms with Crippen LogP contribution in [0.5, 0.6) is 0 Å². The first-order valence-corrected chi connectivity index (χ1v) is 9.97. The smallest absolute Gasteiger partial charge is 0.257 e. The van der Waals surface area contributed by atoms with Gasteiger partial charge in [-0.3, -0.25) is 19.4 Å². The average molecular weight is 394 g/mol. The van der Waals surface area contributed by atoms with Crippen molar-refractivity contribution in [3.05, 3.63) is 59.9 Å². The molecular formula is C22H26N4O3. The minimum absolute atomic E-state index is 0.0156. The number of aromatic nitrogens is 1. The highest BCUT2D eigenvalue weighted by molar-refractivity contribution is 6.05. The molecule has 152 valence electrons. The van der Waals surface area contributed by atoms with Crippen LogP contribution < -0.4 is 10.6 Å². The number of anilines is 1. The van der Waals surface area contributed by atoms with Gasteiger partial charge in [-0.15, -0.1) is 0 Å². The van der Waals surface area contributed by atoms with Crippen LogP contribution in [0.3, 0.4) is 0 Å². The van der Waals surface area contributed by atoms with E-state index in [0.717, 1.165) is 19.3 Å². The van der Waals surface area contributed by atoms with Crippen LogP contribution in [0.1, 0.15) is 46.9 Å². The maximum absolute atomic E-state index is 13.0. The minimum Gasteiger partial charge on any atom is -0.356 e. The number of nitrogens with one attached hydrogen (secondary N) is 2. The summed E-state index contributed by atoms with van der Waals surface area (Å²) in [6.45, 7) is 3.71. The third-order valence-electron chi connectivity index (χ3n) is 4.92. The number of hydrogen-bond acceptors (Lipinski definition) is 4. The van der Waals surface area contributed by atoms with Crippen LogP contribution in [-0.2, 0) is 4.79 Å². The molecule has 0 saturated carbocycles. The zero-order valence-electron chi connectivity index (χ0n) is 16.6. The van der Waals surface area contributed by atoms with Gasteiger partial charge in [0.1, 0.15) is 0 Å². The number of pyridine rings is 1. The van der Waals surface area contributed by atoms with E-state index in [4.69, 9.17) is 0 Å². The van der Waals surface area contributed by atoms with Crippen LogP contribution >= 0.6 is 0 Å². The number of carbonyl (C=O) groups excluding carboxylic acids is 3. The van der Waals surface area contributed by atoms with Gasteiger partial charge in [-0.1, -0.05) is 13.0 Å². The first kappa shape index (κ1) is 20.5. The zero-order valence-corrected chi connectivity index (χ0v) is 16.6. The highest BCUT2D eigenvalue weighted by atomic mass is 16.2. The van der Waals surface area contributed by atoms with E-state index in [1.54, 1.807) is 47.5 Å². The Labute approximate surface area is 170 Å². The molecule has 0 radical (unpaired) electrons. The summed E-state index contributed by atoms with van der Waals surface area (Å²) in [7, 11) is 0. The van der Waals surface area contributed by atoms with E-state index in [1.165, 1.54) is 6.20 Å². The average Bonchev–Trinajstić information content (AvgIpc) is 2.77. The second-order valence-electron chi connectivity index (χ2n) is 7.16. The van der Waals surface area contributed by atoms with Gasteiger partial charge in [-0.25, -0.2) is 0 Å². The Balaban J connectivity index is 1.65. The molecule has 1 unspecified atom stereocenters. The monoisotopic (exact) mass is 394 g/mol. The Bertz CT molecular complexity index is 869. The first-order valence-electron chi connectivity index (χ1n) is 9.97.